The number of pyridine rings is 1. The summed E-state index contributed by atoms with van der Waals surface area (Å²) in [4.78, 5) is 17.9. The Morgan fingerprint density at radius 3 is 2.53 bits per heavy atom. The minimum atomic E-state index is -0.237. The van der Waals surface area contributed by atoms with Gasteiger partial charge in [-0.3, -0.25) is 4.79 Å². The predicted molar refractivity (Wildman–Crippen MR) is 118 cm³/mol. The second-order valence-electron chi connectivity index (χ2n) is 6.86. The standard InChI is InChI=1S/C24H17ClN2O3/c25-19-7-3-1-6-17(19)21-14-18(16-5-2-4-8-20(16)27-21)24(28)26-15-9-10-22-23(13-15)30-12-11-29-22/h1-10,13-14H,11-12H2,(H,26,28). The molecule has 0 aliphatic carbocycles. The SMILES string of the molecule is O=C(Nc1ccc2c(c1)OCCO2)c1cc(-c2ccccc2Cl)nc2ccccc12. The van der Waals surface area contributed by atoms with Crippen LogP contribution in [0.2, 0.25) is 5.02 Å². The van der Waals surface area contributed by atoms with E-state index in [2.05, 4.69) is 5.32 Å². The van der Waals surface area contributed by atoms with Gasteiger partial charge in [-0.05, 0) is 30.3 Å². The number of halogens is 1. The summed E-state index contributed by atoms with van der Waals surface area (Å²) < 4.78 is 11.2. The van der Waals surface area contributed by atoms with Crippen molar-refractivity contribution in [2.75, 3.05) is 18.5 Å². The third kappa shape index (κ3) is 3.44. The summed E-state index contributed by atoms with van der Waals surface area (Å²) in [6.07, 6.45) is 0. The molecule has 1 aromatic heterocycles. The maximum Gasteiger partial charge on any atom is 0.256 e. The Labute approximate surface area is 178 Å². The van der Waals surface area contributed by atoms with Gasteiger partial charge in [0.25, 0.3) is 5.91 Å². The summed E-state index contributed by atoms with van der Waals surface area (Å²) in [5, 5.41) is 4.31. The van der Waals surface area contributed by atoms with Crippen molar-refractivity contribution in [3.8, 4) is 22.8 Å². The van der Waals surface area contributed by atoms with Gasteiger partial charge in [0.05, 0.1) is 16.8 Å². The van der Waals surface area contributed by atoms with E-state index in [-0.39, 0.29) is 5.91 Å². The van der Waals surface area contributed by atoms with Crippen LogP contribution >= 0.6 is 11.6 Å². The Balaban J connectivity index is 1.56. The van der Waals surface area contributed by atoms with E-state index in [1.165, 1.54) is 0 Å². The molecule has 0 radical (unpaired) electrons. The summed E-state index contributed by atoms with van der Waals surface area (Å²) in [5.74, 6) is 1.06. The van der Waals surface area contributed by atoms with E-state index in [1.807, 2.05) is 48.5 Å². The van der Waals surface area contributed by atoms with E-state index < -0.39 is 0 Å². The van der Waals surface area contributed by atoms with Gasteiger partial charge in [-0.2, -0.15) is 0 Å². The zero-order chi connectivity index (χ0) is 20.5. The van der Waals surface area contributed by atoms with Crippen LogP contribution in [-0.2, 0) is 0 Å². The molecule has 0 spiro atoms. The zero-order valence-electron chi connectivity index (χ0n) is 15.9. The third-order valence-corrected chi connectivity index (χ3v) is 5.24. The van der Waals surface area contributed by atoms with Crippen LogP contribution in [0.3, 0.4) is 0 Å². The van der Waals surface area contributed by atoms with Crippen LogP contribution in [0, 0.1) is 0 Å². The number of hydrogen-bond acceptors (Lipinski definition) is 4. The van der Waals surface area contributed by atoms with Gasteiger partial charge in [0, 0.05) is 27.7 Å². The van der Waals surface area contributed by atoms with Crippen molar-refractivity contribution in [3.63, 3.8) is 0 Å². The lowest BCUT2D eigenvalue weighted by Crippen LogP contribution is -2.16. The number of nitrogens with zero attached hydrogens (tertiary/aromatic N) is 1. The number of anilines is 1. The van der Waals surface area contributed by atoms with Gasteiger partial charge in [0.2, 0.25) is 0 Å². The van der Waals surface area contributed by atoms with Gasteiger partial charge in [-0.1, -0.05) is 48.0 Å². The van der Waals surface area contributed by atoms with E-state index >= 15 is 0 Å². The second kappa shape index (κ2) is 7.69. The Morgan fingerprint density at radius 1 is 0.900 bits per heavy atom. The van der Waals surface area contributed by atoms with Gasteiger partial charge >= 0.3 is 0 Å². The quantitative estimate of drug-likeness (QED) is 0.473. The molecule has 0 fully saturated rings. The number of benzene rings is 3. The van der Waals surface area contributed by atoms with Crippen molar-refractivity contribution in [2.24, 2.45) is 0 Å². The van der Waals surface area contributed by atoms with Crippen molar-refractivity contribution in [1.29, 1.82) is 0 Å². The van der Waals surface area contributed by atoms with Crippen molar-refractivity contribution in [1.82, 2.24) is 4.98 Å². The summed E-state index contributed by atoms with van der Waals surface area (Å²) in [5.41, 5.74) is 3.29. The Bertz CT molecular complexity index is 1270. The Morgan fingerprint density at radius 2 is 1.67 bits per heavy atom. The maximum atomic E-state index is 13.2. The molecule has 0 unspecified atom stereocenters. The Hall–Kier alpha value is -3.57. The average Bonchev–Trinajstić information content (AvgIpc) is 2.78. The normalized spacial score (nSPS) is 12.6. The van der Waals surface area contributed by atoms with Gasteiger partial charge in [0.15, 0.2) is 11.5 Å². The van der Waals surface area contributed by atoms with Gasteiger partial charge in [-0.25, -0.2) is 4.98 Å². The topological polar surface area (TPSA) is 60.5 Å². The molecule has 1 aliphatic rings. The smallest absolute Gasteiger partial charge is 0.256 e. The molecular formula is C24H17ClN2O3. The molecule has 0 saturated carbocycles. The van der Waals surface area contributed by atoms with Crippen molar-refractivity contribution >= 4 is 34.1 Å². The number of hydrogen-bond donors (Lipinski definition) is 1. The molecule has 5 nitrogen and oxygen atoms in total. The lowest BCUT2D eigenvalue weighted by atomic mass is 10.0. The number of rotatable bonds is 3. The third-order valence-electron chi connectivity index (χ3n) is 4.91. The van der Waals surface area contributed by atoms with Crippen LogP contribution in [0.5, 0.6) is 11.5 Å². The van der Waals surface area contributed by atoms with Crippen LogP contribution in [0.4, 0.5) is 5.69 Å². The van der Waals surface area contributed by atoms with Crippen molar-refractivity contribution in [2.45, 2.75) is 0 Å². The molecule has 148 valence electrons. The van der Waals surface area contributed by atoms with E-state index in [1.54, 1.807) is 24.3 Å². The van der Waals surface area contributed by atoms with Gasteiger partial charge < -0.3 is 14.8 Å². The number of carbonyl (C=O) groups excluding carboxylic acids is 1. The first kappa shape index (κ1) is 18.5. The van der Waals surface area contributed by atoms with Crippen LogP contribution in [0.25, 0.3) is 22.2 Å². The van der Waals surface area contributed by atoms with E-state index in [0.717, 1.165) is 16.5 Å². The van der Waals surface area contributed by atoms with E-state index in [9.17, 15) is 4.79 Å². The number of aromatic nitrogens is 1. The molecule has 3 aromatic carbocycles. The number of ether oxygens (including phenoxy) is 2. The number of fused-ring (bicyclic) bond motifs is 2. The van der Waals surface area contributed by atoms with Gasteiger partial charge in [0.1, 0.15) is 13.2 Å². The molecule has 2 heterocycles. The molecule has 0 atom stereocenters. The molecule has 30 heavy (non-hydrogen) atoms. The monoisotopic (exact) mass is 416 g/mol. The fourth-order valence-electron chi connectivity index (χ4n) is 3.49. The highest BCUT2D eigenvalue weighted by atomic mass is 35.5. The molecule has 0 bridgehead atoms. The molecule has 6 heteroatoms. The summed E-state index contributed by atoms with van der Waals surface area (Å²) in [6.45, 7) is 1.01. The lowest BCUT2D eigenvalue weighted by molar-refractivity contribution is 0.102. The molecule has 1 aliphatic heterocycles. The van der Waals surface area contributed by atoms with Gasteiger partial charge in [-0.15, -0.1) is 0 Å². The number of para-hydroxylation sites is 1. The number of nitrogens with one attached hydrogen (secondary N) is 1. The zero-order valence-corrected chi connectivity index (χ0v) is 16.6. The molecule has 4 aromatic rings. The van der Waals surface area contributed by atoms with Crippen molar-refractivity contribution in [3.05, 3.63) is 83.4 Å². The first-order valence-corrected chi connectivity index (χ1v) is 9.92. The van der Waals surface area contributed by atoms with Crippen LogP contribution in [0.1, 0.15) is 10.4 Å². The minimum absolute atomic E-state index is 0.237. The summed E-state index contributed by atoms with van der Waals surface area (Å²) in [6, 6.07) is 22.2. The minimum Gasteiger partial charge on any atom is -0.486 e. The summed E-state index contributed by atoms with van der Waals surface area (Å²) >= 11 is 6.37. The van der Waals surface area contributed by atoms with E-state index in [0.29, 0.717) is 46.7 Å². The maximum absolute atomic E-state index is 13.2. The first-order valence-electron chi connectivity index (χ1n) is 9.55. The Kier molecular flexibility index (Phi) is 4.73. The lowest BCUT2D eigenvalue weighted by Gasteiger charge is -2.19. The second-order valence-corrected chi connectivity index (χ2v) is 7.27. The highest BCUT2D eigenvalue weighted by Gasteiger charge is 2.17. The fraction of sp³-hybridized carbons (Fsp3) is 0.0833. The predicted octanol–water partition coefficient (Wildman–Crippen LogP) is 5.58. The molecular weight excluding hydrogens is 400 g/mol. The number of carbonyl (C=O) groups is 1. The molecule has 1 amide bonds. The molecule has 1 N–H and O–H groups in total. The van der Waals surface area contributed by atoms with Crippen LogP contribution in [-0.4, -0.2) is 24.1 Å². The average molecular weight is 417 g/mol. The van der Waals surface area contributed by atoms with Crippen LogP contribution < -0.4 is 14.8 Å². The molecule has 0 saturated heterocycles. The highest BCUT2D eigenvalue weighted by molar-refractivity contribution is 6.33. The van der Waals surface area contributed by atoms with E-state index in [4.69, 9.17) is 26.1 Å². The first-order chi connectivity index (χ1) is 14.7. The molecule has 5 rings (SSSR count). The fourth-order valence-corrected chi connectivity index (χ4v) is 3.72. The highest BCUT2D eigenvalue weighted by Crippen LogP contribution is 2.34. The largest absolute Gasteiger partial charge is 0.486 e. The van der Waals surface area contributed by atoms with Crippen molar-refractivity contribution < 1.29 is 14.3 Å². The summed E-state index contributed by atoms with van der Waals surface area (Å²) in [7, 11) is 0. The number of amides is 1. The van der Waals surface area contributed by atoms with Crippen LogP contribution in [0.15, 0.2) is 72.8 Å².